The fraction of sp³-hybridized carbons (Fsp3) is 0.269. The molecular formula is C26H26ClFN2O4. The van der Waals surface area contributed by atoms with Crippen LogP contribution < -0.4 is 5.56 Å². The lowest BCUT2D eigenvalue weighted by molar-refractivity contribution is 0.0959. The van der Waals surface area contributed by atoms with Crippen molar-refractivity contribution in [3.8, 4) is 0 Å². The van der Waals surface area contributed by atoms with Crippen LogP contribution in [0.25, 0.3) is 0 Å². The Labute approximate surface area is 202 Å². The smallest absolute Gasteiger partial charge is 0.250 e. The second-order valence-corrected chi connectivity index (χ2v) is 8.36. The fourth-order valence-electron chi connectivity index (χ4n) is 3.83. The molecule has 0 fully saturated rings. The third-order valence-electron chi connectivity index (χ3n) is 5.67. The van der Waals surface area contributed by atoms with E-state index in [1.807, 2.05) is 12.1 Å². The van der Waals surface area contributed by atoms with Crippen molar-refractivity contribution in [2.24, 2.45) is 12.2 Å². The molecule has 34 heavy (non-hydrogen) atoms. The molecule has 0 saturated carbocycles. The van der Waals surface area contributed by atoms with Gasteiger partial charge in [-0.25, -0.2) is 4.39 Å². The summed E-state index contributed by atoms with van der Waals surface area (Å²) in [5.74, 6) is -1.39. The molecule has 6 nitrogen and oxygen atoms in total. The Kier molecular flexibility index (Phi) is 8.73. The van der Waals surface area contributed by atoms with Gasteiger partial charge in [-0.3, -0.25) is 9.59 Å². The minimum absolute atomic E-state index is 0.0202. The Balaban J connectivity index is 1.99. The Morgan fingerprint density at radius 1 is 1.21 bits per heavy atom. The number of ether oxygens (including phenoxy) is 1. The van der Waals surface area contributed by atoms with Gasteiger partial charge in [0.2, 0.25) is 5.56 Å². The molecule has 0 amide bonds. The predicted molar refractivity (Wildman–Crippen MR) is 130 cm³/mol. The zero-order chi connectivity index (χ0) is 24.7. The number of nitrogens with zero attached hydrogens (tertiary/aromatic N) is 2. The van der Waals surface area contributed by atoms with Crippen molar-refractivity contribution >= 4 is 23.1 Å². The third kappa shape index (κ3) is 5.98. The Morgan fingerprint density at radius 3 is 2.62 bits per heavy atom. The zero-order valence-corrected chi connectivity index (χ0v) is 19.8. The average Bonchev–Trinajstić information content (AvgIpc) is 2.82. The molecule has 1 atom stereocenters. The van der Waals surface area contributed by atoms with Gasteiger partial charge in [-0.15, -0.1) is 0 Å². The molecule has 178 valence electrons. The molecular weight excluding hydrogens is 459 g/mol. The van der Waals surface area contributed by atoms with E-state index in [0.29, 0.717) is 40.5 Å². The van der Waals surface area contributed by atoms with Crippen LogP contribution in [0.15, 0.2) is 70.7 Å². The molecule has 0 aliphatic carbocycles. The summed E-state index contributed by atoms with van der Waals surface area (Å²) in [6.45, 7) is 0.425. The Hall–Kier alpha value is -3.29. The number of hydrogen-bond donors (Lipinski definition) is 1. The van der Waals surface area contributed by atoms with Crippen molar-refractivity contribution in [2.75, 3.05) is 13.7 Å². The minimum atomic E-state index is -0.624. The molecule has 1 heterocycles. The molecule has 1 aromatic heterocycles. The molecule has 2 aromatic carbocycles. The fourth-order valence-corrected chi connectivity index (χ4v) is 4.09. The van der Waals surface area contributed by atoms with E-state index in [1.54, 1.807) is 44.6 Å². The molecule has 1 unspecified atom stereocenters. The van der Waals surface area contributed by atoms with Crippen LogP contribution >= 0.6 is 11.6 Å². The number of aryl methyl sites for hydroxylation is 1. The number of Topliss-reactive ketones (excluding diaryl/α,β-unsaturated/α-hetero) is 1. The highest BCUT2D eigenvalue weighted by molar-refractivity contribution is 6.31. The number of rotatable bonds is 10. The highest BCUT2D eigenvalue weighted by atomic mass is 35.5. The summed E-state index contributed by atoms with van der Waals surface area (Å²) in [7, 11) is 3.15. The number of hydrogen-bond acceptors (Lipinski definition) is 5. The average molecular weight is 485 g/mol. The Bertz CT molecular complexity index is 1260. The van der Waals surface area contributed by atoms with E-state index >= 15 is 4.39 Å². The number of oxime groups is 1. The summed E-state index contributed by atoms with van der Waals surface area (Å²) in [4.78, 5) is 24.2. The number of ketones is 1. The van der Waals surface area contributed by atoms with Crippen LogP contribution in [0, 0.1) is 5.82 Å². The lowest BCUT2D eigenvalue weighted by atomic mass is 9.85. The first-order chi connectivity index (χ1) is 16.3. The number of methoxy groups -OCH3 is 1. The molecule has 0 radical (unpaired) electrons. The van der Waals surface area contributed by atoms with E-state index < -0.39 is 11.7 Å². The van der Waals surface area contributed by atoms with Gasteiger partial charge in [0.1, 0.15) is 5.82 Å². The molecule has 0 bridgehead atoms. The van der Waals surface area contributed by atoms with Gasteiger partial charge in [-0.1, -0.05) is 41.0 Å². The quantitative estimate of drug-likeness (QED) is 0.141. The normalized spacial score (nSPS) is 12.5. The van der Waals surface area contributed by atoms with Gasteiger partial charge in [0.05, 0.1) is 11.3 Å². The first-order valence-electron chi connectivity index (χ1n) is 10.8. The summed E-state index contributed by atoms with van der Waals surface area (Å²) >= 11 is 6.47. The first-order valence-corrected chi connectivity index (χ1v) is 11.2. The van der Waals surface area contributed by atoms with Crippen molar-refractivity contribution in [3.63, 3.8) is 0 Å². The van der Waals surface area contributed by atoms with E-state index in [1.165, 1.54) is 22.8 Å². The molecule has 0 saturated heterocycles. The summed E-state index contributed by atoms with van der Waals surface area (Å²) in [5, 5.41) is 13.7. The molecule has 0 aliphatic rings. The summed E-state index contributed by atoms with van der Waals surface area (Å²) < 4.78 is 21.4. The van der Waals surface area contributed by atoms with Crippen LogP contribution in [0.4, 0.5) is 4.39 Å². The van der Waals surface area contributed by atoms with Gasteiger partial charge in [-0.05, 0) is 41.8 Å². The van der Waals surface area contributed by atoms with Crippen LogP contribution in [0.1, 0.15) is 52.2 Å². The van der Waals surface area contributed by atoms with Gasteiger partial charge < -0.3 is 14.5 Å². The van der Waals surface area contributed by atoms with Crippen molar-refractivity contribution < 1.29 is 19.1 Å². The van der Waals surface area contributed by atoms with E-state index in [0.717, 1.165) is 0 Å². The van der Waals surface area contributed by atoms with Crippen LogP contribution in [0.3, 0.4) is 0 Å². The van der Waals surface area contributed by atoms with Gasteiger partial charge in [0, 0.05) is 62.4 Å². The van der Waals surface area contributed by atoms with Crippen LogP contribution in [-0.2, 0) is 11.8 Å². The second kappa shape index (κ2) is 11.7. The number of pyridine rings is 1. The van der Waals surface area contributed by atoms with Crippen LogP contribution in [0.2, 0.25) is 5.02 Å². The molecule has 3 rings (SSSR count). The molecule has 1 N–H and O–H groups in total. The zero-order valence-electron chi connectivity index (χ0n) is 19.0. The largest absolute Gasteiger partial charge is 0.411 e. The monoisotopic (exact) mass is 484 g/mol. The maximum Gasteiger partial charge on any atom is 0.250 e. The predicted octanol–water partition coefficient (Wildman–Crippen LogP) is 5.19. The van der Waals surface area contributed by atoms with Gasteiger partial charge in [-0.2, -0.15) is 0 Å². The molecule has 0 spiro atoms. The summed E-state index contributed by atoms with van der Waals surface area (Å²) in [6, 6.07) is 14.6. The van der Waals surface area contributed by atoms with Crippen molar-refractivity contribution in [3.05, 3.63) is 104 Å². The second-order valence-electron chi connectivity index (χ2n) is 7.95. The Morgan fingerprint density at radius 2 is 1.97 bits per heavy atom. The first kappa shape index (κ1) is 25.3. The number of carbonyl (C=O) groups excluding carboxylic acids is 1. The standard InChI is InChI=1S/C26H26ClFN2O4/c1-30-16-18(10-12-26(30)32)24(29-33)15-21(19-6-3-4-7-22(19)27)17-9-11-20(23(28)14-17)25(31)8-5-13-34-2/h3-4,6-7,9-12,14,16,21,33H,5,8,13,15H2,1-2H3/b29-24+. The van der Waals surface area contributed by atoms with Crippen LogP contribution in [0.5, 0.6) is 0 Å². The number of halogens is 2. The lowest BCUT2D eigenvalue weighted by Gasteiger charge is -2.21. The molecule has 3 aromatic rings. The van der Waals surface area contributed by atoms with Crippen molar-refractivity contribution in [1.29, 1.82) is 0 Å². The van der Waals surface area contributed by atoms with Gasteiger partial charge in [0.15, 0.2) is 5.78 Å². The van der Waals surface area contributed by atoms with Crippen molar-refractivity contribution in [2.45, 2.75) is 25.2 Å². The maximum absolute atomic E-state index is 15.0. The number of carbonyl (C=O) groups is 1. The maximum atomic E-state index is 15.0. The van der Waals surface area contributed by atoms with Gasteiger partial charge >= 0.3 is 0 Å². The molecule has 0 aliphatic heterocycles. The topological polar surface area (TPSA) is 80.9 Å². The highest BCUT2D eigenvalue weighted by Gasteiger charge is 2.23. The highest BCUT2D eigenvalue weighted by Crippen LogP contribution is 2.35. The van der Waals surface area contributed by atoms with Gasteiger partial charge in [0.25, 0.3) is 0 Å². The van der Waals surface area contributed by atoms with Crippen LogP contribution in [-0.4, -0.2) is 35.0 Å². The SMILES string of the molecule is COCCCC(=O)c1ccc(C(C/C(=N\O)c2ccc(=O)n(C)c2)c2ccccc2Cl)cc1F. The third-order valence-corrected chi connectivity index (χ3v) is 6.01. The van der Waals surface area contributed by atoms with E-state index in [-0.39, 0.29) is 29.7 Å². The van der Waals surface area contributed by atoms with E-state index in [2.05, 4.69) is 5.16 Å². The van der Waals surface area contributed by atoms with E-state index in [9.17, 15) is 14.8 Å². The lowest BCUT2D eigenvalue weighted by Crippen LogP contribution is -2.18. The minimum Gasteiger partial charge on any atom is -0.411 e. The number of aromatic nitrogens is 1. The molecule has 8 heteroatoms. The van der Waals surface area contributed by atoms with E-state index in [4.69, 9.17) is 16.3 Å². The summed E-state index contributed by atoms with van der Waals surface area (Å²) in [5.41, 5.74) is 1.97. The van der Waals surface area contributed by atoms with Crippen molar-refractivity contribution in [1.82, 2.24) is 4.57 Å². The number of benzene rings is 2. The summed E-state index contributed by atoms with van der Waals surface area (Å²) in [6.07, 6.45) is 2.45.